The van der Waals surface area contributed by atoms with Gasteiger partial charge in [0.1, 0.15) is 13.2 Å². The van der Waals surface area contributed by atoms with Crippen LogP contribution in [0.1, 0.15) is 40.0 Å². The van der Waals surface area contributed by atoms with Gasteiger partial charge in [0, 0.05) is 18.0 Å². The molecule has 3 heterocycles. The van der Waals surface area contributed by atoms with Gasteiger partial charge in [-0.3, -0.25) is 9.59 Å². The van der Waals surface area contributed by atoms with Crippen molar-refractivity contribution in [3.05, 3.63) is 74.4 Å². The maximum absolute atomic E-state index is 14.1. The Kier molecular flexibility index (Phi) is 7.45. The molecule has 5 nitrogen and oxygen atoms in total. The zero-order chi connectivity index (χ0) is 23.4. The highest BCUT2D eigenvalue weighted by atomic mass is 32.1. The molecule has 0 aliphatic carbocycles. The molecule has 0 N–H and O–H groups in total. The molecule has 0 saturated carbocycles. The Bertz CT molecular complexity index is 1100. The van der Waals surface area contributed by atoms with Crippen LogP contribution in [-0.2, 0) is 11.2 Å². The third-order valence-corrected chi connectivity index (χ3v) is 7.43. The van der Waals surface area contributed by atoms with E-state index in [2.05, 4.69) is 0 Å². The number of fused-ring (bicyclic) bond motifs is 1. The predicted octanol–water partition coefficient (Wildman–Crippen LogP) is 5.25. The minimum Gasteiger partial charge on any atom is -0.488 e. The number of hydrogen-bond acceptors (Lipinski definition) is 5. The molecule has 1 aliphatic rings. The number of thiophene rings is 2. The fourth-order valence-electron chi connectivity index (χ4n) is 4.08. The summed E-state index contributed by atoms with van der Waals surface area (Å²) in [7, 11) is 0. The van der Waals surface area contributed by atoms with Crippen molar-refractivity contribution in [3.63, 3.8) is 0 Å². The van der Waals surface area contributed by atoms with E-state index in [1.165, 1.54) is 22.3 Å². The first-order valence-electron chi connectivity index (χ1n) is 11.0. The summed E-state index contributed by atoms with van der Waals surface area (Å²) in [6.07, 6.45) is 0.762. The van der Waals surface area contributed by atoms with Gasteiger partial charge in [-0.2, -0.15) is 0 Å². The van der Waals surface area contributed by atoms with Crippen LogP contribution in [0.3, 0.4) is 0 Å². The molecular formula is C25H27FN2O3S2. The van der Waals surface area contributed by atoms with Crippen LogP contribution in [0.4, 0.5) is 4.39 Å². The topological polar surface area (TPSA) is 49.9 Å². The maximum atomic E-state index is 14.1. The predicted molar refractivity (Wildman–Crippen MR) is 129 cm³/mol. The summed E-state index contributed by atoms with van der Waals surface area (Å²) in [5.74, 6) is -0.284. The van der Waals surface area contributed by atoms with Gasteiger partial charge in [-0.05, 0) is 52.9 Å². The van der Waals surface area contributed by atoms with E-state index in [9.17, 15) is 14.0 Å². The van der Waals surface area contributed by atoms with Gasteiger partial charge in [-0.1, -0.05) is 32.0 Å². The quantitative estimate of drug-likeness (QED) is 0.437. The van der Waals surface area contributed by atoms with Crippen LogP contribution >= 0.6 is 22.7 Å². The minimum atomic E-state index is -0.429. The average Bonchev–Trinajstić information content (AvgIpc) is 3.49. The second-order valence-corrected chi connectivity index (χ2v) is 10.4. The van der Waals surface area contributed by atoms with E-state index in [1.54, 1.807) is 45.4 Å². The van der Waals surface area contributed by atoms with Crippen molar-refractivity contribution in [3.8, 4) is 5.75 Å². The van der Waals surface area contributed by atoms with E-state index >= 15 is 0 Å². The lowest BCUT2D eigenvalue weighted by Gasteiger charge is -2.37. The van der Waals surface area contributed by atoms with Gasteiger partial charge in [0.15, 0.2) is 11.6 Å². The molecule has 0 spiro atoms. The van der Waals surface area contributed by atoms with E-state index in [0.29, 0.717) is 18.0 Å². The highest BCUT2D eigenvalue weighted by Crippen LogP contribution is 2.34. The maximum Gasteiger partial charge on any atom is 0.264 e. The molecule has 1 atom stereocenters. The smallest absolute Gasteiger partial charge is 0.264 e. The standard InChI is InChI=1S/C25H27FN2O3S2/c1-17(2)14-27(25(30)23-8-5-12-32-23)15-24(29)28-11-9-22-18(10-13-33-22)20(28)16-31-21-7-4-3-6-19(21)26/h3-8,10,12-13,17,20H,9,11,14-16H2,1-2H3/t20-/m1/s1. The van der Waals surface area contributed by atoms with Crippen LogP contribution in [0.25, 0.3) is 0 Å². The highest BCUT2D eigenvalue weighted by molar-refractivity contribution is 7.12. The van der Waals surface area contributed by atoms with Crippen LogP contribution in [0, 0.1) is 11.7 Å². The summed E-state index contributed by atoms with van der Waals surface area (Å²) < 4.78 is 19.9. The van der Waals surface area contributed by atoms with Crippen molar-refractivity contribution in [2.24, 2.45) is 5.92 Å². The molecular weight excluding hydrogens is 459 g/mol. The van der Waals surface area contributed by atoms with Crippen molar-refractivity contribution in [2.45, 2.75) is 26.3 Å². The first kappa shape index (κ1) is 23.4. The summed E-state index contributed by atoms with van der Waals surface area (Å²) in [6.45, 7) is 5.26. The number of nitrogens with zero attached hydrogens (tertiary/aromatic N) is 2. The van der Waals surface area contributed by atoms with Gasteiger partial charge in [0.25, 0.3) is 5.91 Å². The zero-order valence-corrected chi connectivity index (χ0v) is 20.3. The van der Waals surface area contributed by atoms with Crippen molar-refractivity contribution in [1.82, 2.24) is 9.80 Å². The van der Waals surface area contributed by atoms with Gasteiger partial charge in [-0.15, -0.1) is 22.7 Å². The molecule has 0 saturated heterocycles. The molecule has 0 unspecified atom stereocenters. The molecule has 2 aromatic heterocycles. The third-order valence-electron chi connectivity index (χ3n) is 5.58. The molecule has 1 aromatic carbocycles. The van der Waals surface area contributed by atoms with Gasteiger partial charge in [0.05, 0.1) is 10.9 Å². The monoisotopic (exact) mass is 486 g/mol. The van der Waals surface area contributed by atoms with Gasteiger partial charge in [-0.25, -0.2) is 4.39 Å². The average molecular weight is 487 g/mol. The lowest BCUT2D eigenvalue weighted by atomic mass is 10.00. The fraction of sp³-hybridized carbons (Fsp3) is 0.360. The van der Waals surface area contributed by atoms with Crippen LogP contribution < -0.4 is 4.74 Å². The Morgan fingerprint density at radius 3 is 2.70 bits per heavy atom. The van der Waals surface area contributed by atoms with E-state index < -0.39 is 5.82 Å². The summed E-state index contributed by atoms with van der Waals surface area (Å²) in [4.78, 5) is 31.8. The summed E-state index contributed by atoms with van der Waals surface area (Å²) in [5, 5.41) is 3.88. The zero-order valence-electron chi connectivity index (χ0n) is 18.7. The van der Waals surface area contributed by atoms with E-state index in [-0.39, 0.29) is 42.7 Å². The molecule has 0 radical (unpaired) electrons. The third kappa shape index (κ3) is 5.45. The number of carbonyl (C=O) groups is 2. The number of ether oxygens (including phenoxy) is 1. The number of para-hydroxylation sites is 1. The number of hydrogen-bond donors (Lipinski definition) is 0. The molecule has 2 amide bonds. The van der Waals surface area contributed by atoms with E-state index in [4.69, 9.17) is 4.74 Å². The Hall–Kier alpha value is -2.71. The second kappa shape index (κ2) is 10.5. The van der Waals surface area contributed by atoms with Gasteiger partial charge < -0.3 is 14.5 Å². The molecule has 0 bridgehead atoms. The Labute approximate surface area is 201 Å². The van der Waals surface area contributed by atoms with Gasteiger partial charge >= 0.3 is 0 Å². The van der Waals surface area contributed by atoms with E-state index in [0.717, 1.165) is 12.0 Å². The minimum absolute atomic E-state index is 0.00455. The van der Waals surface area contributed by atoms with Crippen LogP contribution in [0.5, 0.6) is 5.75 Å². The van der Waals surface area contributed by atoms with Crippen molar-refractivity contribution in [1.29, 1.82) is 0 Å². The van der Waals surface area contributed by atoms with Crippen molar-refractivity contribution < 1.29 is 18.7 Å². The van der Waals surface area contributed by atoms with Crippen LogP contribution in [0.2, 0.25) is 0 Å². The largest absolute Gasteiger partial charge is 0.488 e. The molecule has 3 aromatic rings. The second-order valence-electron chi connectivity index (χ2n) is 8.45. The first-order valence-corrected chi connectivity index (χ1v) is 12.8. The molecule has 1 aliphatic heterocycles. The highest BCUT2D eigenvalue weighted by Gasteiger charge is 2.34. The Balaban J connectivity index is 1.53. The number of carbonyl (C=O) groups excluding carboxylic acids is 2. The van der Waals surface area contributed by atoms with Crippen LogP contribution in [-0.4, -0.2) is 47.9 Å². The number of benzene rings is 1. The number of halogens is 1. The molecule has 33 heavy (non-hydrogen) atoms. The molecule has 8 heteroatoms. The molecule has 174 valence electrons. The lowest BCUT2D eigenvalue weighted by molar-refractivity contribution is -0.135. The molecule has 4 rings (SSSR count). The van der Waals surface area contributed by atoms with Crippen molar-refractivity contribution >= 4 is 34.5 Å². The van der Waals surface area contributed by atoms with Crippen molar-refractivity contribution in [2.75, 3.05) is 26.2 Å². The van der Waals surface area contributed by atoms with Crippen LogP contribution in [0.15, 0.2) is 53.2 Å². The Morgan fingerprint density at radius 1 is 1.15 bits per heavy atom. The summed E-state index contributed by atoms with van der Waals surface area (Å²) >= 11 is 3.04. The summed E-state index contributed by atoms with van der Waals surface area (Å²) in [6, 6.07) is 11.6. The lowest BCUT2D eigenvalue weighted by Crippen LogP contribution is -2.48. The number of rotatable bonds is 8. The Morgan fingerprint density at radius 2 is 1.97 bits per heavy atom. The van der Waals surface area contributed by atoms with E-state index in [1.807, 2.05) is 36.7 Å². The summed E-state index contributed by atoms with van der Waals surface area (Å²) in [5.41, 5.74) is 1.04. The number of amides is 2. The van der Waals surface area contributed by atoms with Gasteiger partial charge in [0.2, 0.25) is 5.91 Å². The normalized spacial score (nSPS) is 15.4. The SMILES string of the molecule is CC(C)CN(CC(=O)N1CCc2sccc2[C@H]1COc1ccccc1F)C(=O)c1cccs1. The first-order chi connectivity index (χ1) is 15.9. The fourth-order valence-corrected chi connectivity index (χ4v) is 5.69. The molecule has 0 fully saturated rings.